The standard InChI is InChI=1S/C16H23BrNO5/c1-18(2,3)8-9-22-15(20)13-6-4-5-7-14(13)16(21)23-11-12(19)10-17/h4-7,12,19H,8-11H2,1-3H3/q+1. The number of esters is 2. The van der Waals surface area contributed by atoms with Gasteiger partial charge in [-0.3, -0.25) is 0 Å². The van der Waals surface area contributed by atoms with Crippen molar-refractivity contribution in [2.75, 3.05) is 46.2 Å². The molecule has 0 heterocycles. The summed E-state index contributed by atoms with van der Waals surface area (Å²) in [4.78, 5) is 24.2. The molecule has 0 saturated carbocycles. The maximum Gasteiger partial charge on any atom is 0.339 e. The van der Waals surface area contributed by atoms with Gasteiger partial charge in [0.15, 0.2) is 0 Å². The number of carbonyl (C=O) groups is 2. The molecule has 6 nitrogen and oxygen atoms in total. The molecular weight excluding hydrogens is 366 g/mol. The molecule has 0 radical (unpaired) electrons. The Kier molecular flexibility index (Phi) is 7.67. The number of hydrogen-bond acceptors (Lipinski definition) is 5. The number of quaternary nitrogens is 1. The highest BCUT2D eigenvalue weighted by Crippen LogP contribution is 2.12. The molecule has 1 aromatic carbocycles. The van der Waals surface area contributed by atoms with Gasteiger partial charge in [0.1, 0.15) is 19.8 Å². The van der Waals surface area contributed by atoms with Gasteiger partial charge < -0.3 is 19.1 Å². The first-order valence-corrected chi connectivity index (χ1v) is 8.34. The number of alkyl halides is 1. The van der Waals surface area contributed by atoms with Crippen molar-refractivity contribution in [2.45, 2.75) is 6.10 Å². The molecule has 0 saturated heterocycles. The van der Waals surface area contributed by atoms with Crippen LogP contribution < -0.4 is 0 Å². The van der Waals surface area contributed by atoms with Crippen LogP contribution in [0.2, 0.25) is 0 Å². The van der Waals surface area contributed by atoms with Crippen LogP contribution in [0.25, 0.3) is 0 Å². The second-order valence-corrected chi connectivity index (χ2v) is 6.75. The van der Waals surface area contributed by atoms with E-state index in [1.165, 1.54) is 12.1 Å². The van der Waals surface area contributed by atoms with Crippen molar-refractivity contribution in [3.8, 4) is 0 Å². The number of aliphatic hydroxyl groups excluding tert-OH is 1. The van der Waals surface area contributed by atoms with Crippen LogP contribution >= 0.6 is 15.9 Å². The third-order valence-electron chi connectivity index (χ3n) is 2.95. The number of carbonyl (C=O) groups excluding carboxylic acids is 2. The van der Waals surface area contributed by atoms with Crippen molar-refractivity contribution in [3.05, 3.63) is 35.4 Å². The van der Waals surface area contributed by atoms with E-state index >= 15 is 0 Å². The third kappa shape index (κ3) is 7.11. The van der Waals surface area contributed by atoms with E-state index in [2.05, 4.69) is 15.9 Å². The molecule has 1 rings (SSSR count). The Labute approximate surface area is 144 Å². The summed E-state index contributed by atoms with van der Waals surface area (Å²) in [7, 11) is 5.98. The van der Waals surface area contributed by atoms with Gasteiger partial charge in [0, 0.05) is 5.33 Å². The molecule has 0 aliphatic heterocycles. The fourth-order valence-corrected chi connectivity index (χ4v) is 1.81. The second-order valence-electron chi connectivity index (χ2n) is 6.10. The first kappa shape index (κ1) is 19.6. The second kappa shape index (κ2) is 9.00. The lowest BCUT2D eigenvalue weighted by Gasteiger charge is -2.23. The van der Waals surface area contributed by atoms with Crippen LogP contribution in [0.1, 0.15) is 20.7 Å². The maximum atomic E-state index is 12.2. The fourth-order valence-electron chi connectivity index (χ4n) is 1.62. The minimum absolute atomic E-state index is 0.129. The maximum absolute atomic E-state index is 12.2. The monoisotopic (exact) mass is 388 g/mol. The number of halogens is 1. The first-order chi connectivity index (χ1) is 10.7. The minimum Gasteiger partial charge on any atom is -0.459 e. The van der Waals surface area contributed by atoms with Gasteiger partial charge in [-0.2, -0.15) is 0 Å². The molecule has 0 aliphatic rings. The Balaban J connectivity index is 2.72. The number of aliphatic hydroxyl groups is 1. The molecule has 0 amide bonds. The Morgan fingerprint density at radius 1 is 1.13 bits per heavy atom. The summed E-state index contributed by atoms with van der Waals surface area (Å²) in [5.41, 5.74) is 0.289. The summed E-state index contributed by atoms with van der Waals surface area (Å²) in [5, 5.41) is 9.71. The van der Waals surface area contributed by atoms with Gasteiger partial charge in [0.25, 0.3) is 0 Å². The van der Waals surface area contributed by atoms with Crippen LogP contribution in [-0.2, 0) is 9.47 Å². The lowest BCUT2D eigenvalue weighted by Crippen LogP contribution is -2.38. The Hall–Kier alpha value is -1.44. The van der Waals surface area contributed by atoms with Gasteiger partial charge >= 0.3 is 11.9 Å². The van der Waals surface area contributed by atoms with Crippen molar-refractivity contribution in [2.24, 2.45) is 0 Å². The molecule has 1 aromatic rings. The molecular formula is C16H23BrNO5+. The lowest BCUT2D eigenvalue weighted by atomic mass is 10.1. The van der Waals surface area contributed by atoms with Gasteiger partial charge in [0.2, 0.25) is 0 Å². The van der Waals surface area contributed by atoms with Crippen LogP contribution in [-0.4, -0.2) is 73.9 Å². The van der Waals surface area contributed by atoms with Crippen LogP contribution in [0.4, 0.5) is 0 Å². The number of rotatable bonds is 8. The van der Waals surface area contributed by atoms with Gasteiger partial charge in [0.05, 0.1) is 38.4 Å². The van der Waals surface area contributed by atoms with E-state index in [4.69, 9.17) is 9.47 Å². The highest BCUT2D eigenvalue weighted by atomic mass is 79.9. The summed E-state index contributed by atoms with van der Waals surface area (Å²) < 4.78 is 10.9. The van der Waals surface area contributed by atoms with Crippen molar-refractivity contribution >= 4 is 27.9 Å². The first-order valence-electron chi connectivity index (χ1n) is 7.22. The van der Waals surface area contributed by atoms with Gasteiger partial charge in [-0.15, -0.1) is 0 Å². The van der Waals surface area contributed by atoms with Crippen molar-refractivity contribution in [3.63, 3.8) is 0 Å². The Morgan fingerprint density at radius 3 is 2.13 bits per heavy atom. The molecule has 0 spiro atoms. The fraction of sp³-hybridized carbons (Fsp3) is 0.500. The third-order valence-corrected chi connectivity index (χ3v) is 3.69. The zero-order chi connectivity index (χ0) is 17.5. The normalized spacial score (nSPS) is 12.6. The van der Waals surface area contributed by atoms with Crippen LogP contribution in [0.15, 0.2) is 24.3 Å². The zero-order valence-electron chi connectivity index (χ0n) is 13.6. The van der Waals surface area contributed by atoms with E-state index in [1.807, 2.05) is 21.1 Å². The quantitative estimate of drug-likeness (QED) is 0.414. The van der Waals surface area contributed by atoms with Gasteiger partial charge in [-0.05, 0) is 12.1 Å². The van der Waals surface area contributed by atoms with E-state index in [-0.39, 0.29) is 24.3 Å². The van der Waals surface area contributed by atoms with Crippen LogP contribution in [0.5, 0.6) is 0 Å². The Morgan fingerprint density at radius 2 is 1.65 bits per heavy atom. The summed E-state index contributed by atoms with van der Waals surface area (Å²) in [5.74, 6) is -1.23. The molecule has 0 aliphatic carbocycles. The van der Waals surface area contributed by atoms with E-state index in [0.717, 1.165) is 0 Å². The highest BCUT2D eigenvalue weighted by molar-refractivity contribution is 9.09. The molecule has 0 aromatic heterocycles. The number of nitrogens with zero attached hydrogens (tertiary/aromatic N) is 1. The van der Waals surface area contributed by atoms with Gasteiger partial charge in [-0.25, -0.2) is 9.59 Å². The van der Waals surface area contributed by atoms with Crippen LogP contribution in [0.3, 0.4) is 0 Å². The topological polar surface area (TPSA) is 72.8 Å². The molecule has 23 heavy (non-hydrogen) atoms. The lowest BCUT2D eigenvalue weighted by molar-refractivity contribution is -0.870. The zero-order valence-corrected chi connectivity index (χ0v) is 15.2. The molecule has 0 bridgehead atoms. The average molecular weight is 389 g/mol. The summed E-state index contributed by atoms with van der Waals surface area (Å²) in [6.45, 7) is 0.777. The predicted molar refractivity (Wildman–Crippen MR) is 89.7 cm³/mol. The van der Waals surface area contributed by atoms with Crippen LogP contribution in [0, 0.1) is 0 Å². The molecule has 1 unspecified atom stereocenters. The van der Waals surface area contributed by atoms with Crippen molar-refractivity contribution < 1.29 is 28.7 Å². The number of ether oxygens (including phenoxy) is 2. The number of hydrogen-bond donors (Lipinski definition) is 1. The minimum atomic E-state index is -0.789. The van der Waals surface area contributed by atoms with E-state index in [1.54, 1.807) is 12.1 Å². The Bertz CT molecular complexity index is 542. The van der Waals surface area contributed by atoms with Crippen molar-refractivity contribution in [1.29, 1.82) is 0 Å². The summed E-state index contributed by atoms with van der Waals surface area (Å²) in [6.07, 6.45) is -0.789. The smallest absolute Gasteiger partial charge is 0.339 e. The molecule has 1 atom stereocenters. The highest BCUT2D eigenvalue weighted by Gasteiger charge is 2.20. The molecule has 128 valence electrons. The van der Waals surface area contributed by atoms with E-state index in [9.17, 15) is 14.7 Å². The summed E-state index contributed by atoms with van der Waals surface area (Å²) in [6, 6.07) is 6.31. The number of benzene rings is 1. The molecule has 1 N–H and O–H groups in total. The molecule has 0 fully saturated rings. The van der Waals surface area contributed by atoms with Crippen molar-refractivity contribution in [1.82, 2.24) is 0 Å². The van der Waals surface area contributed by atoms with Gasteiger partial charge in [-0.1, -0.05) is 28.1 Å². The van der Waals surface area contributed by atoms with E-state index in [0.29, 0.717) is 16.4 Å². The average Bonchev–Trinajstić information content (AvgIpc) is 2.50. The number of likely N-dealkylation sites (N-methyl/N-ethyl adjacent to an activating group) is 1. The SMILES string of the molecule is C[N+](C)(C)CCOC(=O)c1ccccc1C(=O)OCC(O)CBr. The molecule has 7 heteroatoms. The predicted octanol–water partition coefficient (Wildman–Crippen LogP) is 1.46. The van der Waals surface area contributed by atoms with E-state index < -0.39 is 18.0 Å². The summed E-state index contributed by atoms with van der Waals surface area (Å²) >= 11 is 3.09. The largest absolute Gasteiger partial charge is 0.459 e.